The van der Waals surface area contributed by atoms with Crippen LogP contribution < -0.4 is 4.74 Å². The standard InChI is InChI=1S/C9H4Cl2NOS/c10-6-1-2-8(7(11)3-6)13-9-4-14-5-12-9/h1-4H. The summed E-state index contributed by atoms with van der Waals surface area (Å²) < 4.78 is 5.38. The van der Waals surface area contributed by atoms with E-state index in [0.29, 0.717) is 21.7 Å². The molecule has 0 saturated carbocycles. The monoisotopic (exact) mass is 244 g/mol. The summed E-state index contributed by atoms with van der Waals surface area (Å²) in [5.74, 6) is 1.02. The first-order valence-corrected chi connectivity index (χ1v) is 5.34. The lowest BCUT2D eigenvalue weighted by Crippen LogP contribution is -1.84. The maximum absolute atomic E-state index is 5.90. The van der Waals surface area contributed by atoms with Gasteiger partial charge in [0.2, 0.25) is 5.88 Å². The van der Waals surface area contributed by atoms with E-state index in [1.54, 1.807) is 23.6 Å². The number of halogens is 2. The van der Waals surface area contributed by atoms with Crippen molar-refractivity contribution in [2.24, 2.45) is 0 Å². The Bertz CT molecular complexity index is 430. The van der Waals surface area contributed by atoms with E-state index >= 15 is 0 Å². The van der Waals surface area contributed by atoms with Crippen LogP contribution >= 0.6 is 34.5 Å². The number of nitrogens with zero attached hydrogens (tertiary/aromatic N) is 1. The third-order valence-electron chi connectivity index (χ3n) is 1.48. The summed E-state index contributed by atoms with van der Waals surface area (Å²) >= 11 is 13.0. The molecular weight excluding hydrogens is 241 g/mol. The van der Waals surface area contributed by atoms with Crippen LogP contribution in [-0.2, 0) is 0 Å². The zero-order valence-corrected chi connectivity index (χ0v) is 9.16. The average molecular weight is 245 g/mol. The smallest absolute Gasteiger partial charge is 0.230 e. The van der Waals surface area contributed by atoms with Crippen molar-refractivity contribution in [1.29, 1.82) is 0 Å². The molecule has 5 heteroatoms. The van der Waals surface area contributed by atoms with Gasteiger partial charge in [-0.2, -0.15) is 4.98 Å². The highest BCUT2D eigenvalue weighted by Gasteiger charge is 2.04. The third kappa shape index (κ3) is 2.18. The number of thiazole rings is 1. The van der Waals surface area contributed by atoms with Crippen molar-refractivity contribution >= 4 is 34.5 Å². The number of ether oxygens (including phenoxy) is 1. The number of benzene rings is 1. The minimum atomic E-state index is 0.463. The van der Waals surface area contributed by atoms with Crippen molar-refractivity contribution in [1.82, 2.24) is 4.98 Å². The van der Waals surface area contributed by atoms with E-state index in [1.165, 1.54) is 11.3 Å². The Morgan fingerprint density at radius 1 is 1.36 bits per heavy atom. The summed E-state index contributed by atoms with van der Waals surface area (Å²) in [6.07, 6.45) is 0. The molecule has 2 aromatic rings. The molecule has 14 heavy (non-hydrogen) atoms. The molecular formula is C9H4Cl2NOS. The van der Waals surface area contributed by atoms with Crippen LogP contribution in [0.5, 0.6) is 11.6 Å². The molecule has 0 aliphatic carbocycles. The summed E-state index contributed by atoms with van der Waals surface area (Å²) in [6, 6.07) is 5.03. The van der Waals surface area contributed by atoms with Gasteiger partial charge in [0.1, 0.15) is 5.75 Å². The minimum absolute atomic E-state index is 0.463. The van der Waals surface area contributed by atoms with Gasteiger partial charge in [0.25, 0.3) is 0 Å². The second-order valence-electron chi connectivity index (χ2n) is 2.45. The van der Waals surface area contributed by atoms with Crippen LogP contribution in [0.2, 0.25) is 10.0 Å². The summed E-state index contributed by atoms with van der Waals surface area (Å²) in [5.41, 5.74) is 2.68. The van der Waals surface area contributed by atoms with Crippen molar-refractivity contribution in [3.63, 3.8) is 0 Å². The molecule has 1 radical (unpaired) electrons. The molecule has 0 saturated heterocycles. The van der Waals surface area contributed by atoms with Crippen LogP contribution in [0.3, 0.4) is 0 Å². The normalized spacial score (nSPS) is 10.1. The molecule has 0 unspecified atom stereocenters. The molecule has 1 aromatic heterocycles. The second-order valence-corrected chi connectivity index (χ2v) is 3.95. The van der Waals surface area contributed by atoms with Crippen LogP contribution in [0.25, 0.3) is 0 Å². The van der Waals surface area contributed by atoms with Crippen molar-refractivity contribution in [2.45, 2.75) is 0 Å². The fourth-order valence-electron chi connectivity index (χ4n) is 0.892. The zero-order valence-electron chi connectivity index (χ0n) is 6.83. The summed E-state index contributed by atoms with van der Waals surface area (Å²) in [6.45, 7) is 0. The van der Waals surface area contributed by atoms with E-state index in [2.05, 4.69) is 10.5 Å². The zero-order chi connectivity index (χ0) is 9.97. The van der Waals surface area contributed by atoms with E-state index < -0.39 is 0 Å². The third-order valence-corrected chi connectivity index (χ3v) is 2.52. The fourth-order valence-corrected chi connectivity index (χ4v) is 1.74. The first kappa shape index (κ1) is 9.77. The van der Waals surface area contributed by atoms with Gasteiger partial charge in [-0.05, 0) is 18.2 Å². The lowest BCUT2D eigenvalue weighted by Gasteiger charge is -2.03. The van der Waals surface area contributed by atoms with E-state index in [-0.39, 0.29) is 0 Å². The molecule has 71 valence electrons. The first-order valence-electron chi connectivity index (χ1n) is 3.70. The highest BCUT2D eigenvalue weighted by Crippen LogP contribution is 2.30. The Balaban J connectivity index is 2.25. The van der Waals surface area contributed by atoms with Crippen LogP contribution in [-0.4, -0.2) is 4.98 Å². The van der Waals surface area contributed by atoms with E-state index in [0.717, 1.165) is 0 Å². The first-order chi connectivity index (χ1) is 6.75. The number of hydrogen-bond donors (Lipinski definition) is 0. The van der Waals surface area contributed by atoms with Gasteiger partial charge in [0, 0.05) is 5.02 Å². The largest absolute Gasteiger partial charge is 0.437 e. The van der Waals surface area contributed by atoms with E-state index in [4.69, 9.17) is 27.9 Å². The molecule has 0 aliphatic rings. The average Bonchev–Trinajstić information content (AvgIpc) is 2.62. The van der Waals surface area contributed by atoms with Gasteiger partial charge in [-0.25, -0.2) is 0 Å². The summed E-state index contributed by atoms with van der Waals surface area (Å²) in [5, 5.41) is 2.78. The number of hydrogen-bond acceptors (Lipinski definition) is 3. The molecule has 1 heterocycles. The molecule has 0 atom stereocenters. The summed E-state index contributed by atoms with van der Waals surface area (Å²) in [4.78, 5) is 3.85. The minimum Gasteiger partial charge on any atom is -0.437 e. The van der Waals surface area contributed by atoms with E-state index in [1.807, 2.05) is 0 Å². The Kier molecular flexibility index (Phi) is 2.91. The van der Waals surface area contributed by atoms with E-state index in [9.17, 15) is 0 Å². The quantitative estimate of drug-likeness (QED) is 0.796. The van der Waals surface area contributed by atoms with Gasteiger partial charge in [-0.15, -0.1) is 11.3 Å². The van der Waals surface area contributed by atoms with Gasteiger partial charge in [0.05, 0.1) is 10.4 Å². The molecule has 0 fully saturated rings. The summed E-state index contributed by atoms with van der Waals surface area (Å²) in [7, 11) is 0. The molecule has 2 nitrogen and oxygen atoms in total. The Hall–Kier alpha value is -0.770. The molecule has 0 aliphatic heterocycles. The molecule has 1 aromatic carbocycles. The van der Waals surface area contributed by atoms with Crippen LogP contribution in [0.1, 0.15) is 0 Å². The van der Waals surface area contributed by atoms with Crippen molar-refractivity contribution in [2.75, 3.05) is 0 Å². The maximum atomic E-state index is 5.90. The Morgan fingerprint density at radius 2 is 2.21 bits per heavy atom. The van der Waals surface area contributed by atoms with Gasteiger partial charge in [0.15, 0.2) is 5.51 Å². The van der Waals surface area contributed by atoms with Crippen molar-refractivity contribution in [3.05, 3.63) is 39.1 Å². The Morgan fingerprint density at radius 3 is 2.86 bits per heavy atom. The molecule has 2 rings (SSSR count). The molecule has 0 spiro atoms. The van der Waals surface area contributed by atoms with Crippen LogP contribution in [0.4, 0.5) is 0 Å². The molecule has 0 N–H and O–H groups in total. The number of aromatic nitrogens is 1. The van der Waals surface area contributed by atoms with Gasteiger partial charge in [-0.3, -0.25) is 0 Å². The van der Waals surface area contributed by atoms with Crippen molar-refractivity contribution in [3.8, 4) is 11.6 Å². The highest BCUT2D eigenvalue weighted by molar-refractivity contribution is 7.07. The predicted molar refractivity (Wildman–Crippen MR) is 57.5 cm³/mol. The Labute approximate surface area is 95.1 Å². The van der Waals surface area contributed by atoms with Crippen LogP contribution in [0, 0.1) is 5.51 Å². The van der Waals surface area contributed by atoms with Gasteiger partial charge >= 0.3 is 0 Å². The molecule has 0 bridgehead atoms. The lowest BCUT2D eigenvalue weighted by molar-refractivity contribution is 0.466. The fraction of sp³-hybridized carbons (Fsp3) is 0. The predicted octanol–water partition coefficient (Wildman–Crippen LogP) is 4.04. The topological polar surface area (TPSA) is 22.1 Å². The number of rotatable bonds is 2. The molecule has 0 amide bonds. The van der Waals surface area contributed by atoms with Gasteiger partial charge in [-0.1, -0.05) is 23.2 Å². The second kappa shape index (κ2) is 4.17. The SMILES string of the molecule is Clc1ccc(Oc2cs[c]n2)c(Cl)c1. The van der Waals surface area contributed by atoms with Crippen LogP contribution in [0.15, 0.2) is 23.6 Å². The van der Waals surface area contributed by atoms with Gasteiger partial charge < -0.3 is 4.74 Å². The highest BCUT2D eigenvalue weighted by atomic mass is 35.5. The maximum Gasteiger partial charge on any atom is 0.230 e. The van der Waals surface area contributed by atoms with Crippen molar-refractivity contribution < 1.29 is 4.74 Å². The lowest BCUT2D eigenvalue weighted by atomic mass is 10.3.